The summed E-state index contributed by atoms with van der Waals surface area (Å²) in [6.45, 7) is 8.93. The van der Waals surface area contributed by atoms with E-state index >= 15 is 0 Å². The summed E-state index contributed by atoms with van der Waals surface area (Å²) in [7, 11) is 1.76. The van der Waals surface area contributed by atoms with Crippen LogP contribution >= 0.6 is 0 Å². The summed E-state index contributed by atoms with van der Waals surface area (Å²) < 4.78 is 12.7. The number of aromatic nitrogens is 3. The lowest BCUT2D eigenvalue weighted by Crippen LogP contribution is -2.45. The molecule has 29 heavy (non-hydrogen) atoms. The van der Waals surface area contributed by atoms with Gasteiger partial charge in [0.25, 0.3) is 0 Å². The predicted molar refractivity (Wildman–Crippen MR) is 116 cm³/mol. The van der Waals surface area contributed by atoms with Crippen molar-refractivity contribution in [2.75, 3.05) is 7.11 Å². The van der Waals surface area contributed by atoms with E-state index in [-0.39, 0.29) is 5.60 Å². The first kappa shape index (κ1) is 20.0. The molecule has 2 unspecified atom stereocenters. The lowest BCUT2D eigenvalue weighted by molar-refractivity contribution is 0.0107. The second kappa shape index (κ2) is 7.85. The molecule has 0 saturated heterocycles. The minimum absolute atomic E-state index is 0.200. The molecule has 0 bridgehead atoms. The zero-order chi connectivity index (χ0) is 20.6. The molecular formula is C24H33N3O2. The van der Waals surface area contributed by atoms with Gasteiger partial charge in [-0.15, -0.1) is 0 Å². The third-order valence-corrected chi connectivity index (χ3v) is 6.62. The first-order valence-corrected chi connectivity index (χ1v) is 10.9. The fraction of sp³-hybridized carbons (Fsp3) is 0.583. The molecule has 5 nitrogen and oxygen atoms in total. The molecule has 1 aromatic carbocycles. The SMILES string of the molecule is CCCCCc1cc2c(c(OC)c1-c1ncn[nH]1)C1C=C(C)CCC1C(C)(C)O2. The normalized spacial score (nSPS) is 22.3. The monoisotopic (exact) mass is 395 g/mol. The van der Waals surface area contributed by atoms with Crippen LogP contribution in [0.3, 0.4) is 0 Å². The fourth-order valence-electron chi connectivity index (χ4n) is 5.15. The lowest BCUT2D eigenvalue weighted by Gasteiger charge is -2.47. The number of hydrogen-bond donors (Lipinski definition) is 1. The molecule has 0 amide bonds. The Hall–Kier alpha value is -2.30. The Morgan fingerprint density at radius 2 is 2.14 bits per heavy atom. The molecule has 0 radical (unpaired) electrons. The zero-order valence-corrected chi connectivity index (χ0v) is 18.3. The van der Waals surface area contributed by atoms with E-state index in [1.54, 1.807) is 13.4 Å². The molecule has 2 atom stereocenters. The molecule has 0 fully saturated rings. The molecule has 2 aliphatic rings. The van der Waals surface area contributed by atoms with Crippen molar-refractivity contribution in [1.82, 2.24) is 15.2 Å². The first-order chi connectivity index (χ1) is 14.0. The van der Waals surface area contributed by atoms with Crippen LogP contribution in [0.5, 0.6) is 11.5 Å². The number of methoxy groups -OCH3 is 1. The summed E-state index contributed by atoms with van der Waals surface area (Å²) >= 11 is 0. The maximum Gasteiger partial charge on any atom is 0.159 e. The van der Waals surface area contributed by atoms with Crippen LogP contribution in [0.4, 0.5) is 0 Å². The van der Waals surface area contributed by atoms with E-state index in [2.05, 4.69) is 55.0 Å². The van der Waals surface area contributed by atoms with Crippen LogP contribution in [0.1, 0.15) is 76.8 Å². The van der Waals surface area contributed by atoms with Gasteiger partial charge in [-0.05, 0) is 58.1 Å². The molecule has 2 aromatic rings. The van der Waals surface area contributed by atoms with E-state index in [0.29, 0.717) is 11.8 Å². The van der Waals surface area contributed by atoms with Gasteiger partial charge in [0.2, 0.25) is 0 Å². The van der Waals surface area contributed by atoms with E-state index in [9.17, 15) is 0 Å². The van der Waals surface area contributed by atoms with Crippen LogP contribution in [0, 0.1) is 5.92 Å². The maximum atomic E-state index is 6.63. The number of rotatable bonds is 6. The number of nitrogens with zero attached hydrogens (tertiary/aromatic N) is 2. The molecule has 1 aromatic heterocycles. The first-order valence-electron chi connectivity index (χ1n) is 10.9. The molecule has 1 N–H and O–H groups in total. The summed E-state index contributed by atoms with van der Waals surface area (Å²) in [5.41, 5.74) is 4.68. The van der Waals surface area contributed by atoms with Crippen molar-refractivity contribution in [3.63, 3.8) is 0 Å². The third-order valence-electron chi connectivity index (χ3n) is 6.62. The fourth-order valence-corrected chi connectivity index (χ4v) is 5.15. The van der Waals surface area contributed by atoms with E-state index < -0.39 is 0 Å². The highest BCUT2D eigenvalue weighted by Gasteiger charge is 2.46. The molecule has 2 heterocycles. The van der Waals surface area contributed by atoms with Gasteiger partial charge in [-0.2, -0.15) is 5.10 Å². The number of unbranched alkanes of at least 4 members (excludes halogenated alkanes) is 2. The van der Waals surface area contributed by atoms with Crippen molar-refractivity contribution in [2.24, 2.45) is 5.92 Å². The molecular weight excluding hydrogens is 362 g/mol. The number of ether oxygens (including phenoxy) is 2. The quantitative estimate of drug-likeness (QED) is 0.494. The number of aromatic amines is 1. The number of fused-ring (bicyclic) bond motifs is 3. The lowest BCUT2D eigenvalue weighted by atomic mass is 9.67. The Bertz CT molecular complexity index is 899. The highest BCUT2D eigenvalue weighted by molar-refractivity contribution is 5.75. The van der Waals surface area contributed by atoms with Crippen molar-refractivity contribution >= 4 is 0 Å². The van der Waals surface area contributed by atoms with Gasteiger partial charge in [0.05, 0.1) is 12.7 Å². The van der Waals surface area contributed by atoms with Crippen LogP contribution in [-0.4, -0.2) is 27.9 Å². The Morgan fingerprint density at radius 3 is 2.83 bits per heavy atom. The van der Waals surface area contributed by atoms with Gasteiger partial charge in [0.15, 0.2) is 5.82 Å². The minimum Gasteiger partial charge on any atom is -0.496 e. The zero-order valence-electron chi connectivity index (χ0n) is 18.3. The summed E-state index contributed by atoms with van der Waals surface area (Å²) in [6.07, 6.45) is 10.8. The summed E-state index contributed by atoms with van der Waals surface area (Å²) in [5, 5.41) is 7.17. The molecule has 156 valence electrons. The number of allylic oxidation sites excluding steroid dienone is 2. The Kier molecular flexibility index (Phi) is 5.41. The molecule has 0 spiro atoms. The van der Waals surface area contributed by atoms with Gasteiger partial charge < -0.3 is 9.47 Å². The van der Waals surface area contributed by atoms with Crippen molar-refractivity contribution in [2.45, 2.75) is 77.7 Å². The smallest absolute Gasteiger partial charge is 0.159 e. The van der Waals surface area contributed by atoms with Crippen molar-refractivity contribution < 1.29 is 9.47 Å². The molecule has 5 heteroatoms. The maximum absolute atomic E-state index is 6.63. The van der Waals surface area contributed by atoms with Crippen molar-refractivity contribution in [3.8, 4) is 22.9 Å². The largest absolute Gasteiger partial charge is 0.496 e. The number of H-pyrrole nitrogens is 1. The van der Waals surface area contributed by atoms with E-state index in [0.717, 1.165) is 48.6 Å². The predicted octanol–water partition coefficient (Wildman–Crippen LogP) is 5.82. The number of nitrogens with one attached hydrogen (secondary N) is 1. The van der Waals surface area contributed by atoms with Crippen molar-refractivity contribution in [1.29, 1.82) is 0 Å². The van der Waals surface area contributed by atoms with Gasteiger partial charge in [0.1, 0.15) is 23.4 Å². The van der Waals surface area contributed by atoms with Crippen LogP contribution < -0.4 is 9.47 Å². The van der Waals surface area contributed by atoms with Crippen LogP contribution in [0.2, 0.25) is 0 Å². The number of hydrogen-bond acceptors (Lipinski definition) is 4. The van der Waals surface area contributed by atoms with Gasteiger partial charge >= 0.3 is 0 Å². The minimum atomic E-state index is -0.200. The molecule has 0 saturated carbocycles. The van der Waals surface area contributed by atoms with Gasteiger partial charge in [0, 0.05) is 17.4 Å². The molecule has 1 aliphatic carbocycles. The Morgan fingerprint density at radius 1 is 1.31 bits per heavy atom. The Balaban J connectivity index is 1.93. The molecule has 1 aliphatic heterocycles. The topological polar surface area (TPSA) is 60.0 Å². The average molecular weight is 396 g/mol. The van der Waals surface area contributed by atoms with Gasteiger partial charge in [-0.3, -0.25) is 5.10 Å². The number of aryl methyl sites for hydroxylation is 1. The Labute approximate surface area is 173 Å². The average Bonchev–Trinajstić information content (AvgIpc) is 3.20. The van der Waals surface area contributed by atoms with Crippen LogP contribution in [-0.2, 0) is 6.42 Å². The number of benzene rings is 1. The van der Waals surface area contributed by atoms with Crippen LogP contribution in [0.25, 0.3) is 11.4 Å². The second-order valence-electron chi connectivity index (χ2n) is 9.04. The molecule has 4 rings (SSSR count). The van der Waals surface area contributed by atoms with Crippen molar-refractivity contribution in [3.05, 3.63) is 35.2 Å². The van der Waals surface area contributed by atoms with E-state index in [4.69, 9.17) is 9.47 Å². The summed E-state index contributed by atoms with van der Waals surface area (Å²) in [4.78, 5) is 4.48. The highest BCUT2D eigenvalue weighted by Crippen LogP contribution is 2.55. The third kappa shape index (κ3) is 3.56. The van der Waals surface area contributed by atoms with E-state index in [1.807, 2.05) is 0 Å². The summed E-state index contributed by atoms with van der Waals surface area (Å²) in [5.74, 6) is 3.36. The van der Waals surface area contributed by atoms with Crippen LogP contribution in [0.15, 0.2) is 24.0 Å². The highest BCUT2D eigenvalue weighted by atomic mass is 16.5. The standard InChI is InChI=1S/C24H33N3O2/c1-6-7-8-9-16-13-19-21(22(28-5)20(16)23-25-14-26-27-23)17-12-15(2)10-11-18(17)24(3,4)29-19/h12-14,17-18H,6-11H2,1-5H3,(H,25,26,27). The second-order valence-corrected chi connectivity index (χ2v) is 9.04. The van der Waals surface area contributed by atoms with E-state index in [1.165, 1.54) is 29.5 Å². The van der Waals surface area contributed by atoms with Gasteiger partial charge in [-0.1, -0.05) is 31.4 Å². The summed E-state index contributed by atoms with van der Waals surface area (Å²) in [6, 6.07) is 2.24. The van der Waals surface area contributed by atoms with Gasteiger partial charge in [-0.25, -0.2) is 4.98 Å².